The van der Waals surface area contributed by atoms with Crippen LogP contribution in [0.4, 0.5) is 5.82 Å². The molecule has 2 aromatic carbocycles. The third kappa shape index (κ3) is 4.88. The number of anilines is 1. The van der Waals surface area contributed by atoms with Gasteiger partial charge in [0.05, 0.1) is 23.4 Å². The molecular weight excluding hydrogens is 520 g/mol. The number of aromatic nitrogens is 4. The molecule has 1 fully saturated rings. The van der Waals surface area contributed by atoms with E-state index in [1.807, 2.05) is 30.3 Å². The van der Waals surface area contributed by atoms with Crippen LogP contribution in [0.3, 0.4) is 0 Å². The Labute approximate surface area is 215 Å². The molecule has 1 aliphatic heterocycles. The van der Waals surface area contributed by atoms with E-state index < -0.39 is 53.1 Å². The van der Waals surface area contributed by atoms with Crippen LogP contribution in [0, 0.1) is 0 Å². The van der Waals surface area contributed by atoms with Crippen molar-refractivity contribution in [2.45, 2.75) is 24.5 Å². The average molecular weight is 543 g/mol. The van der Waals surface area contributed by atoms with Crippen molar-refractivity contribution in [2.24, 2.45) is 0 Å². The normalized spacial score (nSPS) is 21.5. The second-order valence-electron chi connectivity index (χ2n) is 8.39. The molecule has 15 heteroatoms. The van der Waals surface area contributed by atoms with Gasteiger partial charge in [-0.05, 0) is 18.2 Å². The lowest BCUT2D eigenvalue weighted by Crippen LogP contribution is -2.37. The molecule has 2 aromatic heterocycles. The third-order valence-electron chi connectivity index (χ3n) is 5.89. The minimum absolute atomic E-state index is 0.0896. The van der Waals surface area contributed by atoms with Crippen LogP contribution in [-0.2, 0) is 19.2 Å². The summed E-state index contributed by atoms with van der Waals surface area (Å²) in [5.74, 6) is -1.46. The summed E-state index contributed by atoms with van der Waals surface area (Å²) in [4.78, 5) is 16.5. The quantitative estimate of drug-likeness (QED) is 0.210. The van der Waals surface area contributed by atoms with E-state index in [4.69, 9.17) is 14.7 Å². The van der Waals surface area contributed by atoms with Crippen LogP contribution >= 0.6 is 0 Å². The first-order valence-electron chi connectivity index (χ1n) is 11.2. The maximum absolute atomic E-state index is 12.3. The Morgan fingerprint density at radius 2 is 1.82 bits per heavy atom. The molecule has 38 heavy (non-hydrogen) atoms. The Balaban J connectivity index is 1.33. The molecule has 0 spiro atoms. The number of amides is 1. The molecule has 0 unspecified atom stereocenters. The Morgan fingerprint density at radius 1 is 1.11 bits per heavy atom. The largest absolute Gasteiger partial charge is 0.507 e. The second-order valence-corrected chi connectivity index (χ2v) is 9.74. The number of hydrogen-bond donors (Lipinski definition) is 5. The van der Waals surface area contributed by atoms with Gasteiger partial charge in [0.1, 0.15) is 24.1 Å². The number of phenols is 1. The van der Waals surface area contributed by atoms with Crippen molar-refractivity contribution in [2.75, 3.05) is 12.3 Å². The summed E-state index contributed by atoms with van der Waals surface area (Å²) in [6.07, 6.45) is -5.70. The van der Waals surface area contributed by atoms with Gasteiger partial charge in [-0.3, -0.25) is 8.98 Å². The summed E-state index contributed by atoms with van der Waals surface area (Å²) in [7, 11) is -4.66. The number of nitrogens with zero attached hydrogens (tertiary/aromatic N) is 4. The number of carbonyl (C=O) groups excluding carboxylic acids is 1. The van der Waals surface area contributed by atoms with Crippen molar-refractivity contribution in [3.8, 4) is 17.0 Å². The maximum atomic E-state index is 12.3. The standard InChI is InChI=1S/C23H22N6O8S/c24-21-18-15(10-14(25-21)12-6-2-1-3-7-12)29(28-26-18)23-20(32)19(31)17(37-23)11-36-38(34,35)27-22(33)13-8-4-5-9-16(13)30/h1-10,17,19-20,23,30-32H,11H2,(H2,24,25)(H,27,33)/t17-,19-,20-,23-/m1/s1. The third-order valence-corrected chi connectivity index (χ3v) is 6.77. The zero-order valence-electron chi connectivity index (χ0n) is 19.4. The summed E-state index contributed by atoms with van der Waals surface area (Å²) in [6, 6.07) is 16.2. The molecule has 4 atom stereocenters. The number of aromatic hydroxyl groups is 1. The number of phenolic OH excluding ortho intramolecular Hbond substituents is 1. The van der Waals surface area contributed by atoms with Crippen LogP contribution in [-0.4, -0.2) is 74.5 Å². The van der Waals surface area contributed by atoms with Crippen LogP contribution < -0.4 is 10.5 Å². The number of nitrogens with two attached hydrogens (primary N) is 1. The number of ether oxygens (including phenoxy) is 1. The number of aliphatic hydroxyl groups is 2. The molecule has 1 saturated heterocycles. The van der Waals surface area contributed by atoms with Gasteiger partial charge in [0, 0.05) is 5.56 Å². The summed E-state index contributed by atoms with van der Waals surface area (Å²) < 4.78 is 37.9. The highest BCUT2D eigenvalue weighted by atomic mass is 32.2. The first-order valence-corrected chi connectivity index (χ1v) is 12.6. The number of para-hydroxylation sites is 1. The van der Waals surface area contributed by atoms with E-state index in [-0.39, 0.29) is 16.9 Å². The van der Waals surface area contributed by atoms with Gasteiger partial charge in [-0.2, -0.15) is 8.42 Å². The van der Waals surface area contributed by atoms with Gasteiger partial charge in [-0.15, -0.1) is 5.10 Å². The number of fused-ring (bicyclic) bond motifs is 1. The number of pyridine rings is 1. The Bertz CT molecular complexity index is 1600. The number of hydrogen-bond acceptors (Lipinski definition) is 12. The molecular formula is C23H22N6O8S. The number of rotatable bonds is 7. The Morgan fingerprint density at radius 3 is 2.55 bits per heavy atom. The lowest BCUT2D eigenvalue weighted by atomic mass is 10.1. The minimum Gasteiger partial charge on any atom is -0.507 e. The van der Waals surface area contributed by atoms with E-state index in [0.29, 0.717) is 11.2 Å². The predicted molar refractivity (Wildman–Crippen MR) is 132 cm³/mol. The maximum Gasteiger partial charge on any atom is 0.362 e. The van der Waals surface area contributed by atoms with Gasteiger partial charge in [0.2, 0.25) is 0 Å². The average Bonchev–Trinajstić information content (AvgIpc) is 3.44. The number of nitrogen functional groups attached to an aromatic ring is 1. The van der Waals surface area contributed by atoms with Crippen molar-refractivity contribution in [3.05, 3.63) is 66.2 Å². The summed E-state index contributed by atoms with van der Waals surface area (Å²) >= 11 is 0. The van der Waals surface area contributed by atoms with E-state index in [2.05, 4.69) is 15.3 Å². The van der Waals surface area contributed by atoms with Gasteiger partial charge < -0.3 is 25.8 Å². The van der Waals surface area contributed by atoms with Gasteiger partial charge in [-0.1, -0.05) is 47.7 Å². The van der Waals surface area contributed by atoms with Crippen molar-refractivity contribution in [3.63, 3.8) is 0 Å². The number of nitrogens with one attached hydrogen (secondary N) is 1. The van der Waals surface area contributed by atoms with E-state index in [0.717, 1.165) is 5.56 Å². The fourth-order valence-corrected chi connectivity index (χ4v) is 4.71. The minimum atomic E-state index is -4.66. The molecule has 6 N–H and O–H groups in total. The summed E-state index contributed by atoms with van der Waals surface area (Å²) in [5, 5.41) is 38.9. The van der Waals surface area contributed by atoms with Crippen LogP contribution in [0.2, 0.25) is 0 Å². The summed E-state index contributed by atoms with van der Waals surface area (Å²) in [5.41, 5.74) is 7.66. The van der Waals surface area contributed by atoms with Crippen LogP contribution in [0.5, 0.6) is 5.75 Å². The smallest absolute Gasteiger partial charge is 0.362 e. The number of carbonyl (C=O) groups is 1. The fraction of sp³-hybridized carbons (Fsp3) is 0.217. The van der Waals surface area contributed by atoms with E-state index in [1.165, 1.54) is 28.9 Å². The molecule has 0 bridgehead atoms. The van der Waals surface area contributed by atoms with Crippen LogP contribution in [0.15, 0.2) is 60.7 Å². The first-order chi connectivity index (χ1) is 18.1. The first kappa shape index (κ1) is 25.5. The molecule has 1 amide bonds. The number of benzene rings is 2. The monoisotopic (exact) mass is 542 g/mol. The van der Waals surface area contributed by atoms with Crippen LogP contribution in [0.25, 0.3) is 22.3 Å². The zero-order chi connectivity index (χ0) is 27.0. The van der Waals surface area contributed by atoms with Crippen molar-refractivity contribution < 1.29 is 37.5 Å². The molecule has 4 aromatic rings. The lowest BCUT2D eigenvalue weighted by Gasteiger charge is -2.15. The zero-order valence-corrected chi connectivity index (χ0v) is 20.3. The van der Waals surface area contributed by atoms with Crippen molar-refractivity contribution >= 4 is 33.1 Å². The van der Waals surface area contributed by atoms with Gasteiger partial charge in [0.15, 0.2) is 17.6 Å². The predicted octanol–water partition coefficient (Wildman–Crippen LogP) is 0.0917. The summed E-state index contributed by atoms with van der Waals surface area (Å²) in [6.45, 7) is -0.746. The van der Waals surface area contributed by atoms with Crippen LogP contribution in [0.1, 0.15) is 16.6 Å². The second kappa shape index (κ2) is 9.96. The van der Waals surface area contributed by atoms with Crippen molar-refractivity contribution in [1.82, 2.24) is 24.7 Å². The van der Waals surface area contributed by atoms with E-state index in [9.17, 15) is 28.5 Å². The topological polar surface area (TPSA) is 212 Å². The Hall–Kier alpha value is -4.15. The molecule has 0 saturated carbocycles. The van der Waals surface area contributed by atoms with Crippen molar-refractivity contribution in [1.29, 1.82) is 0 Å². The molecule has 14 nitrogen and oxygen atoms in total. The van der Waals surface area contributed by atoms with E-state index >= 15 is 0 Å². The number of aliphatic hydroxyl groups excluding tert-OH is 2. The lowest BCUT2D eigenvalue weighted by molar-refractivity contribution is -0.0533. The molecule has 3 heterocycles. The van der Waals surface area contributed by atoms with Gasteiger partial charge in [0.25, 0.3) is 5.91 Å². The molecule has 5 rings (SSSR count). The highest BCUT2D eigenvalue weighted by Gasteiger charge is 2.45. The Kier molecular flexibility index (Phi) is 6.68. The SMILES string of the molecule is Nc1nc(-c2ccccc2)cc2c1nnn2[C@@H]1O[C@H](COS(=O)(=O)NC(=O)c2ccccc2O)[C@@H](O)[C@H]1O. The highest BCUT2D eigenvalue weighted by molar-refractivity contribution is 7.85. The molecule has 1 aliphatic rings. The van der Waals surface area contributed by atoms with Gasteiger partial charge in [-0.25, -0.2) is 14.4 Å². The molecule has 0 aliphatic carbocycles. The molecule has 0 radical (unpaired) electrons. The highest BCUT2D eigenvalue weighted by Crippen LogP contribution is 2.33. The fourth-order valence-electron chi connectivity index (χ4n) is 4.00. The van der Waals surface area contributed by atoms with E-state index in [1.54, 1.807) is 10.8 Å². The molecule has 198 valence electrons. The van der Waals surface area contributed by atoms with Gasteiger partial charge >= 0.3 is 10.3 Å².